The van der Waals surface area contributed by atoms with Crippen LogP contribution in [-0.4, -0.2) is 22.0 Å². The number of rotatable bonds is 5. The van der Waals surface area contributed by atoms with E-state index in [9.17, 15) is 25.0 Å². The predicted octanol–water partition coefficient (Wildman–Crippen LogP) is 3.23. The molecule has 0 aromatic heterocycles. The van der Waals surface area contributed by atoms with E-state index in [2.05, 4.69) is 10.5 Å². The number of carbonyl (C=O) groups excluding carboxylic acids is 1. The van der Waals surface area contributed by atoms with Crippen molar-refractivity contribution < 1.29 is 14.6 Å². The van der Waals surface area contributed by atoms with Crippen LogP contribution in [0, 0.1) is 27.2 Å². The van der Waals surface area contributed by atoms with Crippen LogP contribution in [0.5, 0.6) is 0 Å². The van der Waals surface area contributed by atoms with Gasteiger partial charge in [-0.2, -0.15) is 5.10 Å². The molecular weight excluding hydrogens is 352 g/mol. The van der Waals surface area contributed by atoms with Crippen LogP contribution in [0.3, 0.4) is 0 Å². The largest absolute Gasteiger partial charge is 0.273 e. The summed E-state index contributed by atoms with van der Waals surface area (Å²) in [6.07, 6.45) is 1.15. The maximum Gasteiger partial charge on any atom is 0.273 e. The number of carbonyl (C=O) groups is 1. The van der Waals surface area contributed by atoms with Crippen molar-refractivity contribution in [1.82, 2.24) is 5.43 Å². The van der Waals surface area contributed by atoms with Gasteiger partial charge in [0.2, 0.25) is 0 Å². The molecule has 25 heavy (non-hydrogen) atoms. The molecule has 0 aliphatic carbocycles. The smallest absolute Gasteiger partial charge is 0.267 e. The molecule has 0 heterocycles. The highest BCUT2D eigenvalue weighted by molar-refractivity contribution is 6.33. The van der Waals surface area contributed by atoms with Gasteiger partial charge < -0.3 is 0 Å². The average molecular weight is 363 g/mol. The SMILES string of the molecule is Cc1ccc(C(=O)N/N=C\c2cc([N+](=O)[O-])ccc2Cl)cc1[N+](=O)[O-]. The van der Waals surface area contributed by atoms with Crippen LogP contribution in [0.1, 0.15) is 21.5 Å². The van der Waals surface area contributed by atoms with Gasteiger partial charge in [-0.3, -0.25) is 25.0 Å². The molecule has 2 rings (SSSR count). The number of amides is 1. The fourth-order valence-electron chi connectivity index (χ4n) is 1.92. The number of aryl methyl sites for hydroxylation is 1. The van der Waals surface area contributed by atoms with Crippen molar-refractivity contribution >= 4 is 35.1 Å². The summed E-state index contributed by atoms with van der Waals surface area (Å²) < 4.78 is 0. The Kier molecular flexibility index (Phi) is 5.40. The minimum absolute atomic E-state index is 0.0552. The molecule has 0 radical (unpaired) electrons. The molecular formula is C15H11ClN4O5. The van der Waals surface area contributed by atoms with Crippen LogP contribution in [0.15, 0.2) is 41.5 Å². The number of nitro benzene ring substituents is 2. The molecule has 0 aliphatic rings. The third-order valence-electron chi connectivity index (χ3n) is 3.23. The quantitative estimate of drug-likeness (QED) is 0.496. The second kappa shape index (κ2) is 7.49. The number of halogens is 1. The molecule has 0 unspecified atom stereocenters. The van der Waals surface area contributed by atoms with Crippen molar-refractivity contribution in [2.24, 2.45) is 5.10 Å². The van der Waals surface area contributed by atoms with Crippen LogP contribution in [0.25, 0.3) is 0 Å². The summed E-state index contributed by atoms with van der Waals surface area (Å²) in [7, 11) is 0. The first-order valence-corrected chi connectivity index (χ1v) is 7.20. The summed E-state index contributed by atoms with van der Waals surface area (Å²) in [5.74, 6) is -0.666. The molecule has 1 N–H and O–H groups in total. The van der Waals surface area contributed by atoms with E-state index >= 15 is 0 Å². The Morgan fingerprint density at radius 3 is 2.52 bits per heavy atom. The van der Waals surface area contributed by atoms with Gasteiger partial charge in [0.05, 0.1) is 16.1 Å². The van der Waals surface area contributed by atoms with E-state index in [1.807, 2.05) is 0 Å². The maximum absolute atomic E-state index is 12.0. The lowest BCUT2D eigenvalue weighted by molar-refractivity contribution is -0.385. The summed E-state index contributed by atoms with van der Waals surface area (Å²) in [5, 5.41) is 25.5. The molecule has 0 saturated heterocycles. The second-order valence-corrected chi connectivity index (χ2v) is 5.33. The highest BCUT2D eigenvalue weighted by Crippen LogP contribution is 2.21. The van der Waals surface area contributed by atoms with E-state index < -0.39 is 15.8 Å². The molecule has 0 atom stereocenters. The monoisotopic (exact) mass is 362 g/mol. The fourth-order valence-corrected chi connectivity index (χ4v) is 2.08. The molecule has 128 valence electrons. The van der Waals surface area contributed by atoms with E-state index in [1.165, 1.54) is 30.3 Å². The number of nitrogens with zero attached hydrogens (tertiary/aromatic N) is 3. The molecule has 10 heteroatoms. The highest BCUT2D eigenvalue weighted by Gasteiger charge is 2.14. The van der Waals surface area contributed by atoms with E-state index in [0.717, 1.165) is 12.3 Å². The van der Waals surface area contributed by atoms with Crippen molar-refractivity contribution in [3.8, 4) is 0 Å². The zero-order chi connectivity index (χ0) is 18.6. The molecule has 1 amide bonds. The minimum atomic E-state index is -0.666. The molecule has 0 saturated carbocycles. The Labute approximate surface area is 146 Å². The molecule has 0 fully saturated rings. The number of hydrogen-bond acceptors (Lipinski definition) is 6. The first-order chi connectivity index (χ1) is 11.8. The zero-order valence-corrected chi connectivity index (χ0v) is 13.6. The Balaban J connectivity index is 2.16. The Bertz CT molecular complexity index is 897. The Hall–Kier alpha value is -3.33. The summed E-state index contributed by atoms with van der Waals surface area (Å²) in [5.41, 5.74) is 2.55. The van der Waals surface area contributed by atoms with Crippen molar-refractivity contribution in [2.45, 2.75) is 6.92 Å². The predicted molar refractivity (Wildman–Crippen MR) is 91.0 cm³/mol. The molecule has 2 aromatic rings. The first kappa shape index (κ1) is 18.0. The van der Waals surface area contributed by atoms with Crippen LogP contribution >= 0.6 is 11.6 Å². The molecule has 2 aromatic carbocycles. The van der Waals surface area contributed by atoms with Gasteiger partial charge in [0.25, 0.3) is 17.3 Å². The Morgan fingerprint density at radius 2 is 1.88 bits per heavy atom. The number of hydrazone groups is 1. The minimum Gasteiger partial charge on any atom is -0.267 e. The normalized spacial score (nSPS) is 10.6. The van der Waals surface area contributed by atoms with Crippen molar-refractivity contribution in [2.75, 3.05) is 0 Å². The lowest BCUT2D eigenvalue weighted by atomic mass is 10.1. The topological polar surface area (TPSA) is 128 Å². The lowest BCUT2D eigenvalue weighted by Gasteiger charge is -2.02. The van der Waals surface area contributed by atoms with E-state index in [-0.39, 0.29) is 27.5 Å². The molecule has 0 bridgehead atoms. The third kappa shape index (κ3) is 4.36. The number of non-ortho nitro benzene ring substituents is 1. The van der Waals surface area contributed by atoms with Gasteiger partial charge in [0.15, 0.2) is 0 Å². The van der Waals surface area contributed by atoms with Crippen LogP contribution < -0.4 is 5.43 Å². The number of nitro groups is 2. The number of nitrogens with one attached hydrogen (secondary N) is 1. The van der Waals surface area contributed by atoms with Gasteiger partial charge in [-0.05, 0) is 19.1 Å². The summed E-state index contributed by atoms with van der Waals surface area (Å²) in [6.45, 7) is 1.56. The summed E-state index contributed by atoms with van der Waals surface area (Å²) in [6, 6.07) is 7.80. The molecule has 9 nitrogen and oxygen atoms in total. The van der Waals surface area contributed by atoms with Crippen molar-refractivity contribution in [3.63, 3.8) is 0 Å². The lowest BCUT2D eigenvalue weighted by Crippen LogP contribution is -2.17. The van der Waals surface area contributed by atoms with E-state index in [0.29, 0.717) is 5.56 Å². The first-order valence-electron chi connectivity index (χ1n) is 6.82. The third-order valence-corrected chi connectivity index (χ3v) is 3.57. The van der Waals surface area contributed by atoms with Crippen LogP contribution in [0.4, 0.5) is 11.4 Å². The van der Waals surface area contributed by atoms with Gasteiger partial charge in [0.1, 0.15) is 0 Å². The molecule has 0 spiro atoms. The summed E-state index contributed by atoms with van der Waals surface area (Å²) in [4.78, 5) is 32.5. The van der Waals surface area contributed by atoms with E-state index in [4.69, 9.17) is 11.6 Å². The summed E-state index contributed by atoms with van der Waals surface area (Å²) >= 11 is 5.90. The Morgan fingerprint density at radius 1 is 1.16 bits per heavy atom. The van der Waals surface area contributed by atoms with Gasteiger partial charge in [-0.25, -0.2) is 5.43 Å². The van der Waals surface area contributed by atoms with Crippen molar-refractivity contribution in [1.29, 1.82) is 0 Å². The number of benzene rings is 2. The van der Waals surface area contributed by atoms with E-state index in [1.54, 1.807) is 6.92 Å². The zero-order valence-electron chi connectivity index (χ0n) is 12.8. The molecule has 0 aliphatic heterocycles. The number of hydrogen-bond donors (Lipinski definition) is 1. The van der Waals surface area contributed by atoms with Gasteiger partial charge in [0, 0.05) is 39.9 Å². The average Bonchev–Trinajstić information content (AvgIpc) is 2.56. The van der Waals surface area contributed by atoms with Gasteiger partial charge >= 0.3 is 0 Å². The second-order valence-electron chi connectivity index (χ2n) is 4.92. The standard InChI is InChI=1S/C15H11ClN4O5/c1-9-2-3-10(7-14(9)20(24)25)15(21)18-17-8-11-6-12(19(22)23)4-5-13(11)16/h2-8H,1H3,(H,18,21)/b17-8-. The maximum atomic E-state index is 12.0. The van der Waals surface area contributed by atoms with Gasteiger partial charge in [-0.1, -0.05) is 17.7 Å². The fraction of sp³-hybridized carbons (Fsp3) is 0.0667. The van der Waals surface area contributed by atoms with Crippen molar-refractivity contribution in [3.05, 3.63) is 78.3 Å². The highest BCUT2D eigenvalue weighted by atomic mass is 35.5. The van der Waals surface area contributed by atoms with Gasteiger partial charge in [-0.15, -0.1) is 0 Å². The van der Waals surface area contributed by atoms with Crippen LogP contribution in [0.2, 0.25) is 5.02 Å². The van der Waals surface area contributed by atoms with Crippen LogP contribution in [-0.2, 0) is 0 Å².